The highest BCUT2D eigenvalue weighted by Crippen LogP contribution is 2.23. The zero-order valence-electron chi connectivity index (χ0n) is 14.0. The second kappa shape index (κ2) is 9.03. The van der Waals surface area contributed by atoms with Gasteiger partial charge in [0.15, 0.2) is 11.6 Å². The Bertz CT molecular complexity index is 655. The first-order valence-corrected chi connectivity index (χ1v) is 7.72. The molecule has 0 radical (unpaired) electrons. The third-order valence-corrected chi connectivity index (χ3v) is 3.53. The summed E-state index contributed by atoms with van der Waals surface area (Å²) in [6, 6.07) is 4.10. The average Bonchev–Trinajstić information content (AvgIpc) is 3.13. The van der Waals surface area contributed by atoms with Gasteiger partial charge in [-0.2, -0.15) is 0 Å². The molecule has 0 saturated carbocycles. The minimum absolute atomic E-state index is 0.0221. The lowest BCUT2D eigenvalue weighted by Crippen LogP contribution is -2.17. The number of methoxy groups -OCH3 is 2. The molecule has 1 aromatic rings. The smallest absolute Gasteiger partial charge is 0.354 e. The van der Waals surface area contributed by atoms with Gasteiger partial charge in [-0.15, -0.1) is 0 Å². The van der Waals surface area contributed by atoms with Crippen molar-refractivity contribution in [1.82, 2.24) is 0 Å². The van der Waals surface area contributed by atoms with Gasteiger partial charge in [-0.05, 0) is 25.0 Å². The maximum Gasteiger partial charge on any atom is 0.354 e. The molecule has 0 aliphatic carbocycles. The topological polar surface area (TPSA) is 83.1 Å². The third-order valence-electron chi connectivity index (χ3n) is 3.53. The normalized spacial score (nSPS) is 17.1. The summed E-state index contributed by atoms with van der Waals surface area (Å²) in [5.74, 6) is -2.06. The molecular formula is C17H20FNO6. The summed E-state index contributed by atoms with van der Waals surface area (Å²) in [5, 5.41) is 2.63. The Morgan fingerprint density at radius 2 is 2.16 bits per heavy atom. The fraction of sp³-hybridized carbons (Fsp3) is 0.412. The Kier molecular flexibility index (Phi) is 6.76. The van der Waals surface area contributed by atoms with Crippen LogP contribution in [0.4, 0.5) is 10.1 Å². The van der Waals surface area contributed by atoms with E-state index in [1.165, 1.54) is 19.2 Å². The van der Waals surface area contributed by atoms with Gasteiger partial charge in [-0.3, -0.25) is 0 Å². The fourth-order valence-electron chi connectivity index (χ4n) is 2.24. The van der Waals surface area contributed by atoms with E-state index >= 15 is 0 Å². The van der Waals surface area contributed by atoms with Crippen molar-refractivity contribution in [2.75, 3.05) is 32.8 Å². The van der Waals surface area contributed by atoms with Crippen molar-refractivity contribution in [1.29, 1.82) is 0 Å². The monoisotopic (exact) mass is 353 g/mol. The number of carbonyl (C=O) groups is 2. The number of nitrogens with one attached hydrogen (secondary N) is 1. The molecule has 1 atom stereocenters. The zero-order chi connectivity index (χ0) is 18.2. The molecule has 0 amide bonds. The highest BCUT2D eigenvalue weighted by molar-refractivity contribution is 5.98. The van der Waals surface area contributed by atoms with E-state index in [2.05, 4.69) is 14.8 Å². The molecule has 0 aromatic heterocycles. The molecule has 1 unspecified atom stereocenters. The summed E-state index contributed by atoms with van der Waals surface area (Å²) >= 11 is 0. The summed E-state index contributed by atoms with van der Waals surface area (Å²) in [6.07, 6.45) is 2.77. The Hall–Kier alpha value is -2.61. The fourth-order valence-corrected chi connectivity index (χ4v) is 2.24. The highest BCUT2D eigenvalue weighted by atomic mass is 19.1. The largest absolute Gasteiger partial charge is 0.488 e. The zero-order valence-corrected chi connectivity index (χ0v) is 14.0. The van der Waals surface area contributed by atoms with Crippen LogP contribution < -0.4 is 10.1 Å². The van der Waals surface area contributed by atoms with E-state index in [9.17, 15) is 14.0 Å². The number of hydrogen-bond acceptors (Lipinski definition) is 7. The number of carbonyl (C=O) groups excluding carboxylic acids is 2. The molecule has 1 heterocycles. The van der Waals surface area contributed by atoms with Crippen LogP contribution in [0.5, 0.6) is 5.75 Å². The van der Waals surface area contributed by atoms with Crippen molar-refractivity contribution < 1.29 is 32.9 Å². The van der Waals surface area contributed by atoms with Gasteiger partial charge in [0.2, 0.25) is 0 Å². The number of benzene rings is 1. The van der Waals surface area contributed by atoms with Gasteiger partial charge >= 0.3 is 11.9 Å². The lowest BCUT2D eigenvalue weighted by atomic mass is 10.2. The standard InChI is InChI=1S/C17H20FNO6/c1-22-16(20)9-14(17(21)23-2)19-11-5-6-15(13(18)8-11)25-10-12-4-3-7-24-12/h5-6,8-9,12,19H,3-4,7,10H2,1-2H3/b14-9+. The molecule has 0 bridgehead atoms. The highest BCUT2D eigenvalue weighted by Gasteiger charge is 2.18. The first-order chi connectivity index (χ1) is 12.0. The third kappa shape index (κ3) is 5.46. The minimum Gasteiger partial charge on any atom is -0.488 e. The predicted molar refractivity (Wildman–Crippen MR) is 86.6 cm³/mol. The molecule has 25 heavy (non-hydrogen) atoms. The Morgan fingerprint density at radius 3 is 2.76 bits per heavy atom. The van der Waals surface area contributed by atoms with E-state index in [0.717, 1.165) is 32.1 Å². The molecule has 136 valence electrons. The van der Waals surface area contributed by atoms with Crippen LogP contribution in [0.3, 0.4) is 0 Å². The van der Waals surface area contributed by atoms with Crippen molar-refractivity contribution in [3.8, 4) is 5.75 Å². The Morgan fingerprint density at radius 1 is 1.36 bits per heavy atom. The van der Waals surface area contributed by atoms with Crippen LogP contribution in [-0.2, 0) is 23.8 Å². The second-order valence-electron chi connectivity index (χ2n) is 5.29. The maximum absolute atomic E-state index is 14.2. The molecule has 0 spiro atoms. The summed E-state index contributed by atoms with van der Waals surface area (Å²) in [7, 11) is 2.34. The molecule has 1 aliphatic heterocycles. The lowest BCUT2D eigenvalue weighted by molar-refractivity contribution is -0.138. The predicted octanol–water partition coefficient (Wildman–Crippen LogP) is 2.03. The van der Waals surface area contributed by atoms with Crippen LogP contribution >= 0.6 is 0 Å². The quantitative estimate of drug-likeness (QED) is 0.593. The van der Waals surface area contributed by atoms with Gasteiger partial charge in [0.25, 0.3) is 0 Å². The van der Waals surface area contributed by atoms with E-state index in [1.54, 1.807) is 0 Å². The molecule has 7 nitrogen and oxygen atoms in total. The van der Waals surface area contributed by atoms with Crippen molar-refractivity contribution in [2.45, 2.75) is 18.9 Å². The number of rotatable bonds is 7. The maximum atomic E-state index is 14.2. The second-order valence-corrected chi connectivity index (χ2v) is 5.29. The molecule has 1 aliphatic rings. The number of anilines is 1. The van der Waals surface area contributed by atoms with Crippen LogP contribution in [0.15, 0.2) is 30.0 Å². The van der Waals surface area contributed by atoms with Crippen LogP contribution in [0.25, 0.3) is 0 Å². The van der Waals surface area contributed by atoms with Crippen molar-refractivity contribution in [2.24, 2.45) is 0 Å². The molecular weight excluding hydrogens is 333 g/mol. The number of halogens is 1. The Balaban J connectivity index is 2.05. The lowest BCUT2D eigenvalue weighted by Gasteiger charge is -2.13. The van der Waals surface area contributed by atoms with Gasteiger partial charge in [-0.25, -0.2) is 14.0 Å². The summed E-state index contributed by atoms with van der Waals surface area (Å²) in [5.41, 5.74) is 0.0734. The first kappa shape index (κ1) is 18.7. The van der Waals surface area contributed by atoms with E-state index in [0.29, 0.717) is 6.61 Å². The molecule has 1 N–H and O–H groups in total. The van der Waals surface area contributed by atoms with Crippen LogP contribution in [0.1, 0.15) is 12.8 Å². The molecule has 1 aromatic carbocycles. The van der Waals surface area contributed by atoms with Crippen molar-refractivity contribution in [3.05, 3.63) is 35.8 Å². The number of hydrogen-bond donors (Lipinski definition) is 1. The van der Waals surface area contributed by atoms with E-state index in [4.69, 9.17) is 9.47 Å². The van der Waals surface area contributed by atoms with Gasteiger partial charge in [0, 0.05) is 18.4 Å². The van der Waals surface area contributed by atoms with Gasteiger partial charge in [-0.1, -0.05) is 0 Å². The van der Waals surface area contributed by atoms with E-state index in [1.807, 2.05) is 0 Å². The van der Waals surface area contributed by atoms with Gasteiger partial charge < -0.3 is 24.3 Å². The summed E-state index contributed by atoms with van der Waals surface area (Å²) in [4.78, 5) is 23.0. The summed E-state index contributed by atoms with van der Waals surface area (Å²) < 4.78 is 34.0. The number of ether oxygens (including phenoxy) is 4. The first-order valence-electron chi connectivity index (χ1n) is 7.72. The van der Waals surface area contributed by atoms with E-state index in [-0.39, 0.29) is 29.8 Å². The van der Waals surface area contributed by atoms with Gasteiger partial charge in [0.05, 0.1) is 26.4 Å². The van der Waals surface area contributed by atoms with Crippen molar-refractivity contribution >= 4 is 17.6 Å². The Labute approximate surface area is 144 Å². The number of esters is 2. The van der Waals surface area contributed by atoms with Crippen LogP contribution in [0.2, 0.25) is 0 Å². The average molecular weight is 353 g/mol. The molecule has 8 heteroatoms. The summed E-state index contributed by atoms with van der Waals surface area (Å²) in [6.45, 7) is 0.974. The van der Waals surface area contributed by atoms with Crippen LogP contribution in [0, 0.1) is 5.82 Å². The minimum atomic E-state index is -0.787. The van der Waals surface area contributed by atoms with Crippen LogP contribution in [-0.4, -0.2) is 45.5 Å². The molecule has 1 saturated heterocycles. The van der Waals surface area contributed by atoms with Crippen molar-refractivity contribution in [3.63, 3.8) is 0 Å². The SMILES string of the molecule is COC(=O)/C=C(/Nc1ccc(OCC2CCCO2)c(F)c1)C(=O)OC. The molecule has 2 rings (SSSR count). The van der Waals surface area contributed by atoms with Gasteiger partial charge in [0.1, 0.15) is 12.3 Å². The van der Waals surface area contributed by atoms with E-state index < -0.39 is 17.8 Å². The molecule has 1 fully saturated rings.